The van der Waals surface area contributed by atoms with E-state index in [-0.39, 0.29) is 33.7 Å². The van der Waals surface area contributed by atoms with Crippen LogP contribution in [0.1, 0.15) is 12.5 Å². The topological polar surface area (TPSA) is 80.2 Å². The van der Waals surface area contributed by atoms with Crippen molar-refractivity contribution in [2.75, 3.05) is 13.2 Å². The van der Waals surface area contributed by atoms with Crippen molar-refractivity contribution in [3.63, 3.8) is 0 Å². The van der Waals surface area contributed by atoms with Crippen LogP contribution < -0.4 is 14.9 Å². The Bertz CT molecular complexity index is 828. The fraction of sp³-hybridized carbons (Fsp3) is 0.176. The van der Waals surface area contributed by atoms with Gasteiger partial charge in [-0.15, -0.1) is 0 Å². The number of hydrazone groups is 1. The Morgan fingerprint density at radius 3 is 2.62 bits per heavy atom. The Hall–Kier alpha value is -2.15. The van der Waals surface area contributed by atoms with Crippen LogP contribution in [-0.4, -0.2) is 30.4 Å². The molecule has 0 saturated carbocycles. The minimum atomic E-state index is -0.524. The molecule has 0 aromatic heterocycles. The number of phenols is 1. The number of nitrogens with one attached hydrogen (secondary N) is 1. The molecule has 0 spiro atoms. The number of hydrogen-bond donors (Lipinski definition) is 2. The van der Waals surface area contributed by atoms with Gasteiger partial charge in [-0.05, 0) is 19.1 Å². The van der Waals surface area contributed by atoms with Crippen LogP contribution in [0.4, 0.5) is 0 Å². The first-order valence-electron chi connectivity index (χ1n) is 7.47. The van der Waals surface area contributed by atoms with E-state index in [4.69, 9.17) is 44.3 Å². The summed E-state index contributed by atoms with van der Waals surface area (Å²) in [6, 6.07) is 8.16. The molecule has 0 fully saturated rings. The Kier molecular flexibility index (Phi) is 7.38. The molecule has 0 unspecified atom stereocenters. The number of ether oxygens (including phenoxy) is 2. The Morgan fingerprint density at radius 1 is 1.19 bits per heavy atom. The minimum Gasteiger partial charge on any atom is -0.504 e. The lowest BCUT2D eigenvalue weighted by Crippen LogP contribution is -2.24. The van der Waals surface area contributed by atoms with Crippen LogP contribution in [-0.2, 0) is 4.79 Å². The number of halogens is 3. The predicted molar refractivity (Wildman–Crippen MR) is 102 cm³/mol. The zero-order valence-electron chi connectivity index (χ0n) is 13.6. The van der Waals surface area contributed by atoms with Crippen molar-refractivity contribution in [3.05, 3.63) is 51.0 Å². The number of carbonyl (C=O) groups is 1. The minimum absolute atomic E-state index is 0.0814. The number of amides is 1. The molecule has 2 aromatic rings. The highest BCUT2D eigenvalue weighted by Crippen LogP contribution is 2.39. The number of phenolic OH excluding ortho intramolecular Hbond substituents is 1. The summed E-state index contributed by atoms with van der Waals surface area (Å²) in [7, 11) is 0. The first kappa shape index (κ1) is 20.2. The molecule has 0 atom stereocenters. The molecule has 1 amide bonds. The molecular weight excluding hydrogens is 403 g/mol. The van der Waals surface area contributed by atoms with E-state index in [0.29, 0.717) is 17.4 Å². The van der Waals surface area contributed by atoms with E-state index in [1.165, 1.54) is 12.3 Å². The molecule has 2 rings (SSSR count). The van der Waals surface area contributed by atoms with Gasteiger partial charge in [-0.1, -0.05) is 46.9 Å². The molecule has 2 N–H and O–H groups in total. The fourth-order valence-corrected chi connectivity index (χ4v) is 2.49. The summed E-state index contributed by atoms with van der Waals surface area (Å²) in [6.07, 6.45) is 1.17. The Balaban J connectivity index is 2.01. The summed E-state index contributed by atoms with van der Waals surface area (Å²) in [5.41, 5.74) is 2.38. The van der Waals surface area contributed by atoms with Crippen molar-refractivity contribution < 1.29 is 19.4 Å². The van der Waals surface area contributed by atoms with Crippen LogP contribution in [0.2, 0.25) is 15.1 Å². The molecule has 26 heavy (non-hydrogen) atoms. The molecule has 0 bridgehead atoms. The monoisotopic (exact) mass is 416 g/mol. The molecule has 0 aliphatic carbocycles. The number of rotatable bonds is 7. The van der Waals surface area contributed by atoms with E-state index in [9.17, 15) is 9.90 Å². The summed E-state index contributed by atoms with van der Waals surface area (Å²) < 4.78 is 10.5. The average Bonchev–Trinajstić information content (AvgIpc) is 2.62. The van der Waals surface area contributed by atoms with Gasteiger partial charge in [0.05, 0.1) is 33.5 Å². The van der Waals surface area contributed by atoms with Crippen molar-refractivity contribution in [1.29, 1.82) is 0 Å². The lowest BCUT2D eigenvalue weighted by Gasteiger charge is -2.11. The summed E-state index contributed by atoms with van der Waals surface area (Å²) in [4.78, 5) is 11.8. The second kappa shape index (κ2) is 9.52. The molecule has 0 radical (unpaired) electrons. The number of nitrogens with zero attached hydrogens (tertiary/aromatic N) is 1. The van der Waals surface area contributed by atoms with E-state index >= 15 is 0 Å². The van der Waals surface area contributed by atoms with Gasteiger partial charge in [-0.3, -0.25) is 4.79 Å². The maximum atomic E-state index is 11.8. The van der Waals surface area contributed by atoms with Gasteiger partial charge < -0.3 is 14.6 Å². The molecule has 0 aliphatic rings. The van der Waals surface area contributed by atoms with E-state index in [0.717, 1.165) is 0 Å². The van der Waals surface area contributed by atoms with Crippen LogP contribution in [0.25, 0.3) is 0 Å². The highest BCUT2D eigenvalue weighted by molar-refractivity contribution is 6.43. The standard InChI is InChI=1S/C17H15Cl3N2O4/c1-2-25-14-7-12(19)16(20)10(17(14)24)8-21-22-15(23)9-26-13-6-4-3-5-11(13)18/h3-8,24H,2,9H2,1H3,(H,22,23)/b21-8+. The zero-order chi connectivity index (χ0) is 19.1. The quantitative estimate of drug-likeness (QED) is 0.520. The highest BCUT2D eigenvalue weighted by atomic mass is 35.5. The van der Waals surface area contributed by atoms with Crippen molar-refractivity contribution in [2.24, 2.45) is 5.10 Å². The number of aromatic hydroxyl groups is 1. The lowest BCUT2D eigenvalue weighted by molar-refractivity contribution is -0.123. The summed E-state index contributed by atoms with van der Waals surface area (Å²) in [5.74, 6) is -0.211. The maximum Gasteiger partial charge on any atom is 0.277 e. The number of hydrogen-bond acceptors (Lipinski definition) is 5. The summed E-state index contributed by atoms with van der Waals surface area (Å²) in [6.45, 7) is 1.80. The van der Waals surface area contributed by atoms with Gasteiger partial charge in [0.25, 0.3) is 5.91 Å². The maximum absolute atomic E-state index is 11.8. The van der Waals surface area contributed by atoms with Crippen LogP contribution >= 0.6 is 34.8 Å². The lowest BCUT2D eigenvalue weighted by atomic mass is 10.2. The molecule has 9 heteroatoms. The number of benzene rings is 2. The predicted octanol–water partition coefficient (Wildman–Crippen LogP) is 4.28. The second-order valence-corrected chi connectivity index (χ2v) is 6.07. The molecule has 138 valence electrons. The Morgan fingerprint density at radius 2 is 1.92 bits per heavy atom. The van der Waals surface area contributed by atoms with E-state index in [1.54, 1.807) is 31.2 Å². The number of para-hydroxylation sites is 1. The molecule has 0 saturated heterocycles. The second-order valence-electron chi connectivity index (χ2n) is 4.88. The molecule has 0 heterocycles. The van der Waals surface area contributed by atoms with Crippen molar-refractivity contribution >= 4 is 46.9 Å². The molecular formula is C17H15Cl3N2O4. The largest absolute Gasteiger partial charge is 0.504 e. The summed E-state index contributed by atoms with van der Waals surface area (Å²) in [5, 5.41) is 14.6. The summed E-state index contributed by atoms with van der Waals surface area (Å²) >= 11 is 18.0. The normalized spacial score (nSPS) is 10.8. The molecule has 6 nitrogen and oxygen atoms in total. The van der Waals surface area contributed by atoms with Crippen LogP contribution in [0.5, 0.6) is 17.2 Å². The third-order valence-corrected chi connectivity index (χ3v) is 4.18. The average molecular weight is 418 g/mol. The van der Waals surface area contributed by atoms with Gasteiger partial charge in [0, 0.05) is 6.07 Å². The molecule has 0 aliphatic heterocycles. The van der Waals surface area contributed by atoms with Gasteiger partial charge >= 0.3 is 0 Å². The third-order valence-electron chi connectivity index (χ3n) is 3.07. The zero-order valence-corrected chi connectivity index (χ0v) is 15.9. The SMILES string of the molecule is CCOc1cc(Cl)c(Cl)c(/C=N/NC(=O)COc2ccccc2Cl)c1O. The van der Waals surface area contributed by atoms with Gasteiger partial charge in [-0.2, -0.15) is 5.10 Å². The smallest absolute Gasteiger partial charge is 0.277 e. The van der Waals surface area contributed by atoms with Gasteiger partial charge in [-0.25, -0.2) is 5.43 Å². The van der Waals surface area contributed by atoms with Crippen LogP contribution in [0.3, 0.4) is 0 Å². The van der Waals surface area contributed by atoms with Crippen molar-refractivity contribution in [2.45, 2.75) is 6.92 Å². The van der Waals surface area contributed by atoms with E-state index in [1.807, 2.05) is 0 Å². The van der Waals surface area contributed by atoms with Gasteiger partial charge in [0.2, 0.25) is 0 Å². The first-order chi connectivity index (χ1) is 12.4. The third kappa shape index (κ3) is 5.17. The van der Waals surface area contributed by atoms with Crippen molar-refractivity contribution in [1.82, 2.24) is 5.43 Å². The van der Waals surface area contributed by atoms with Crippen LogP contribution in [0, 0.1) is 0 Å². The van der Waals surface area contributed by atoms with Gasteiger partial charge in [0.1, 0.15) is 5.75 Å². The van der Waals surface area contributed by atoms with E-state index in [2.05, 4.69) is 10.5 Å². The first-order valence-corrected chi connectivity index (χ1v) is 8.60. The highest BCUT2D eigenvalue weighted by Gasteiger charge is 2.15. The molecule has 2 aromatic carbocycles. The van der Waals surface area contributed by atoms with Gasteiger partial charge in [0.15, 0.2) is 18.1 Å². The van der Waals surface area contributed by atoms with Crippen molar-refractivity contribution in [3.8, 4) is 17.2 Å². The fourth-order valence-electron chi connectivity index (χ4n) is 1.90. The van der Waals surface area contributed by atoms with E-state index < -0.39 is 5.91 Å². The number of carbonyl (C=O) groups excluding carboxylic acids is 1. The Labute approximate surface area is 165 Å². The van der Waals surface area contributed by atoms with Crippen LogP contribution in [0.15, 0.2) is 35.4 Å².